The van der Waals surface area contributed by atoms with E-state index in [0.717, 1.165) is 34.5 Å². The maximum atomic E-state index is 13.5. The number of thiazole rings is 1. The first kappa shape index (κ1) is 20.3. The molecule has 1 fully saturated rings. The molecule has 4 rings (SSSR count). The van der Waals surface area contributed by atoms with E-state index in [9.17, 15) is 4.79 Å². The molecule has 30 heavy (non-hydrogen) atoms. The van der Waals surface area contributed by atoms with Gasteiger partial charge in [-0.15, -0.1) is 0 Å². The van der Waals surface area contributed by atoms with Gasteiger partial charge in [0.1, 0.15) is 5.69 Å². The van der Waals surface area contributed by atoms with E-state index >= 15 is 0 Å². The van der Waals surface area contributed by atoms with E-state index in [-0.39, 0.29) is 5.91 Å². The molecule has 0 radical (unpaired) electrons. The molecule has 0 atom stereocenters. The Morgan fingerprint density at radius 1 is 1.30 bits per heavy atom. The monoisotopic (exact) mass is 422 g/mol. The van der Waals surface area contributed by atoms with E-state index in [1.54, 1.807) is 13.3 Å². The van der Waals surface area contributed by atoms with Crippen molar-refractivity contribution in [1.82, 2.24) is 14.9 Å². The number of aromatic nitrogens is 2. The molecule has 6 nitrogen and oxygen atoms in total. The normalized spacial score (nSPS) is 13.3. The molecule has 2 N–H and O–H groups in total. The van der Waals surface area contributed by atoms with Gasteiger partial charge in [-0.3, -0.25) is 4.79 Å². The van der Waals surface area contributed by atoms with E-state index < -0.39 is 0 Å². The summed E-state index contributed by atoms with van der Waals surface area (Å²) >= 11 is 1.37. The molecule has 0 aliphatic heterocycles. The Balaban J connectivity index is 1.56. The lowest BCUT2D eigenvalue weighted by molar-refractivity contribution is 0.0745. The zero-order chi connectivity index (χ0) is 21.1. The van der Waals surface area contributed by atoms with Crippen molar-refractivity contribution >= 4 is 22.4 Å². The van der Waals surface area contributed by atoms with Gasteiger partial charge in [0.05, 0.1) is 12.0 Å². The first-order valence-electron chi connectivity index (χ1n) is 10.1. The van der Waals surface area contributed by atoms with Crippen LogP contribution < -0.4 is 10.5 Å². The maximum absolute atomic E-state index is 13.5. The van der Waals surface area contributed by atoms with Gasteiger partial charge in [0.25, 0.3) is 5.91 Å². The van der Waals surface area contributed by atoms with E-state index in [1.807, 2.05) is 42.2 Å². The summed E-state index contributed by atoms with van der Waals surface area (Å²) in [7, 11) is 1.60. The Bertz CT molecular complexity index is 1030. The zero-order valence-corrected chi connectivity index (χ0v) is 18.1. The highest BCUT2D eigenvalue weighted by molar-refractivity contribution is 7.19. The molecule has 0 unspecified atom stereocenters. The SMILES string of the molecule is COc1ccc(CCN(CC2CC2)C(=O)c2nc(N)sc2-c2cccc(C)c2)cn1. The van der Waals surface area contributed by atoms with Gasteiger partial charge in [-0.05, 0) is 43.2 Å². The molecule has 3 aromatic rings. The molecule has 1 saturated carbocycles. The predicted molar refractivity (Wildman–Crippen MR) is 120 cm³/mol. The topological polar surface area (TPSA) is 81.3 Å². The van der Waals surface area contributed by atoms with Crippen LogP contribution >= 0.6 is 11.3 Å². The van der Waals surface area contributed by atoms with Crippen molar-refractivity contribution in [3.8, 4) is 16.3 Å². The Kier molecular flexibility index (Phi) is 5.99. The average molecular weight is 423 g/mol. The van der Waals surface area contributed by atoms with E-state index in [4.69, 9.17) is 10.5 Å². The number of carbonyl (C=O) groups is 1. The number of rotatable bonds is 8. The molecule has 2 aromatic heterocycles. The van der Waals surface area contributed by atoms with Crippen molar-refractivity contribution in [2.24, 2.45) is 5.92 Å². The van der Waals surface area contributed by atoms with Crippen molar-refractivity contribution in [2.45, 2.75) is 26.2 Å². The van der Waals surface area contributed by atoms with Crippen LogP contribution in [-0.2, 0) is 6.42 Å². The lowest BCUT2D eigenvalue weighted by Gasteiger charge is -2.22. The van der Waals surface area contributed by atoms with Gasteiger partial charge in [0.2, 0.25) is 5.88 Å². The number of pyridine rings is 1. The Hall–Kier alpha value is -2.93. The van der Waals surface area contributed by atoms with Crippen molar-refractivity contribution in [3.05, 3.63) is 59.4 Å². The number of hydrogen-bond acceptors (Lipinski definition) is 6. The summed E-state index contributed by atoms with van der Waals surface area (Å²) in [5, 5.41) is 0.417. The van der Waals surface area contributed by atoms with Crippen LogP contribution in [0, 0.1) is 12.8 Å². The largest absolute Gasteiger partial charge is 0.481 e. The number of amides is 1. The van der Waals surface area contributed by atoms with Crippen LogP contribution in [0.3, 0.4) is 0 Å². The van der Waals surface area contributed by atoms with Crippen LogP contribution in [0.25, 0.3) is 10.4 Å². The summed E-state index contributed by atoms with van der Waals surface area (Å²) in [4.78, 5) is 25.0. The fourth-order valence-corrected chi connectivity index (χ4v) is 4.27. The summed E-state index contributed by atoms with van der Waals surface area (Å²) in [6.07, 6.45) is 4.89. The molecular weight excluding hydrogens is 396 g/mol. The van der Waals surface area contributed by atoms with Gasteiger partial charge in [0, 0.05) is 25.4 Å². The molecule has 7 heteroatoms. The number of nitrogen functional groups attached to an aromatic ring is 1. The highest BCUT2D eigenvalue weighted by Gasteiger charge is 2.30. The molecule has 1 aliphatic carbocycles. The van der Waals surface area contributed by atoms with E-state index in [1.165, 1.54) is 24.2 Å². The smallest absolute Gasteiger partial charge is 0.274 e. The fraction of sp³-hybridized carbons (Fsp3) is 0.348. The number of anilines is 1. The molecule has 1 amide bonds. The second kappa shape index (κ2) is 8.83. The van der Waals surface area contributed by atoms with E-state index in [2.05, 4.69) is 16.0 Å². The van der Waals surface area contributed by atoms with Crippen LogP contribution in [0.5, 0.6) is 5.88 Å². The predicted octanol–water partition coefficient (Wildman–Crippen LogP) is 4.20. The Morgan fingerprint density at radius 2 is 2.13 bits per heavy atom. The van der Waals surface area contributed by atoms with Crippen LogP contribution in [0.15, 0.2) is 42.6 Å². The fourth-order valence-electron chi connectivity index (χ4n) is 3.44. The van der Waals surface area contributed by atoms with E-state index in [0.29, 0.717) is 29.2 Å². The number of nitrogens with zero attached hydrogens (tertiary/aromatic N) is 3. The maximum Gasteiger partial charge on any atom is 0.274 e. The third kappa shape index (κ3) is 4.79. The quantitative estimate of drug-likeness (QED) is 0.588. The third-order valence-corrected chi connectivity index (χ3v) is 6.20. The summed E-state index contributed by atoms with van der Waals surface area (Å²) in [5.74, 6) is 1.12. The third-order valence-electron chi connectivity index (χ3n) is 5.27. The molecule has 1 aliphatic rings. The van der Waals surface area contributed by atoms with Gasteiger partial charge in [-0.25, -0.2) is 9.97 Å². The summed E-state index contributed by atoms with van der Waals surface area (Å²) < 4.78 is 5.12. The van der Waals surface area contributed by atoms with Crippen LogP contribution in [0.4, 0.5) is 5.13 Å². The lowest BCUT2D eigenvalue weighted by atomic mass is 10.1. The minimum atomic E-state index is -0.0483. The lowest BCUT2D eigenvalue weighted by Crippen LogP contribution is -2.35. The number of nitrogens with two attached hydrogens (primary N) is 1. The standard InChI is InChI=1S/C23H26N4O2S/c1-15-4-3-5-18(12-15)21-20(26-23(24)30-21)22(28)27(14-17-6-7-17)11-10-16-8-9-19(29-2)25-13-16/h3-5,8-9,12-13,17H,6-7,10-11,14H2,1-2H3,(H2,24,26). The Morgan fingerprint density at radius 3 is 2.80 bits per heavy atom. The summed E-state index contributed by atoms with van der Waals surface area (Å²) in [6.45, 7) is 3.42. The molecule has 1 aromatic carbocycles. The highest BCUT2D eigenvalue weighted by atomic mass is 32.1. The average Bonchev–Trinajstić information content (AvgIpc) is 3.49. The Labute approximate surface area is 180 Å². The van der Waals surface area contributed by atoms with Crippen LogP contribution in [-0.4, -0.2) is 41.0 Å². The summed E-state index contributed by atoms with van der Waals surface area (Å²) in [6, 6.07) is 11.9. The molecule has 2 heterocycles. The van der Waals surface area contributed by atoms with Crippen molar-refractivity contribution in [3.63, 3.8) is 0 Å². The molecule has 0 bridgehead atoms. The van der Waals surface area contributed by atoms with Gasteiger partial charge in [-0.1, -0.05) is 47.2 Å². The van der Waals surface area contributed by atoms with Crippen molar-refractivity contribution in [2.75, 3.05) is 25.9 Å². The van der Waals surface area contributed by atoms with Crippen molar-refractivity contribution < 1.29 is 9.53 Å². The number of hydrogen-bond donors (Lipinski definition) is 1. The first-order valence-corrected chi connectivity index (χ1v) is 11.0. The van der Waals surface area contributed by atoms with Gasteiger partial charge in [0.15, 0.2) is 5.13 Å². The zero-order valence-electron chi connectivity index (χ0n) is 17.3. The number of ether oxygens (including phenoxy) is 1. The van der Waals surface area contributed by atoms with Crippen LogP contribution in [0.1, 0.15) is 34.5 Å². The van der Waals surface area contributed by atoms with Gasteiger partial charge < -0.3 is 15.4 Å². The summed E-state index contributed by atoms with van der Waals surface area (Å²) in [5.41, 5.74) is 9.66. The minimum Gasteiger partial charge on any atom is -0.481 e. The molecular formula is C23H26N4O2S. The number of methoxy groups -OCH3 is 1. The molecule has 0 spiro atoms. The van der Waals surface area contributed by atoms with Gasteiger partial charge in [-0.2, -0.15) is 0 Å². The highest BCUT2D eigenvalue weighted by Crippen LogP contribution is 2.35. The number of aryl methyl sites for hydroxylation is 1. The minimum absolute atomic E-state index is 0.0483. The molecule has 156 valence electrons. The van der Waals surface area contributed by atoms with Crippen molar-refractivity contribution in [1.29, 1.82) is 0 Å². The first-order chi connectivity index (χ1) is 14.5. The number of benzene rings is 1. The molecule has 0 saturated heterocycles. The second-order valence-corrected chi connectivity index (χ2v) is 8.78. The number of carbonyl (C=O) groups excluding carboxylic acids is 1. The van der Waals surface area contributed by atoms with Crippen LogP contribution in [0.2, 0.25) is 0 Å². The van der Waals surface area contributed by atoms with Gasteiger partial charge >= 0.3 is 0 Å². The second-order valence-electron chi connectivity index (χ2n) is 7.75.